The van der Waals surface area contributed by atoms with E-state index in [9.17, 15) is 37.2 Å². The Kier molecular flexibility index (Phi) is 11.3. The fourth-order valence-electron chi connectivity index (χ4n) is 9.77. The third kappa shape index (κ3) is 8.24. The maximum absolute atomic E-state index is 15.2. The molecule has 340 valence electrons. The van der Waals surface area contributed by atoms with Gasteiger partial charge in [-0.1, -0.05) is 12.1 Å². The van der Waals surface area contributed by atoms with Gasteiger partial charge < -0.3 is 19.4 Å². The first-order valence-corrected chi connectivity index (χ1v) is 23.4. The Morgan fingerprint density at radius 2 is 1.67 bits per heavy atom. The topological polar surface area (TPSA) is 190 Å². The number of halogens is 2. The van der Waals surface area contributed by atoms with Gasteiger partial charge in [0.1, 0.15) is 35.9 Å². The third-order valence-corrected chi connectivity index (χ3v) is 14.9. The fraction of sp³-hybridized carbons (Fsp3) is 0.362. The molecule has 4 aromatic carbocycles. The molecule has 4 saturated heterocycles. The lowest BCUT2D eigenvalue weighted by molar-refractivity contribution is -0.136. The minimum atomic E-state index is -4.24. The summed E-state index contributed by atoms with van der Waals surface area (Å²) in [4.78, 5) is 61.9. The smallest absolute Gasteiger partial charge is 0.301 e. The van der Waals surface area contributed by atoms with Crippen molar-refractivity contribution in [3.8, 4) is 23.3 Å². The van der Waals surface area contributed by atoms with Gasteiger partial charge in [-0.05, 0) is 103 Å². The zero-order chi connectivity index (χ0) is 45.9. The average molecular weight is 918 g/mol. The van der Waals surface area contributed by atoms with Gasteiger partial charge in [-0.25, -0.2) is 13.8 Å². The van der Waals surface area contributed by atoms with E-state index in [1.807, 2.05) is 36.4 Å². The predicted molar refractivity (Wildman–Crippen MR) is 239 cm³/mol. The van der Waals surface area contributed by atoms with Crippen LogP contribution in [0.1, 0.15) is 65.1 Å². The quantitative estimate of drug-likeness (QED) is 0.170. The molecule has 0 radical (unpaired) electrons. The SMILES string of the molecule is N#Cc1c(NS(=O)(=O)N2CC[C@@H](F)C2)ccc(F)c1Oc1ccc2ncn(-c3ccc(N4CCC(CN5CC(c6ccc7c(c6)CN(C6CCC(=O)NC6=O)C7=O)C5)CC4)cc3)c(=O)c2c1. The van der Waals surface area contributed by atoms with E-state index >= 15 is 4.39 Å². The van der Waals surface area contributed by atoms with E-state index in [1.165, 1.54) is 34.7 Å². The number of nitrogens with one attached hydrogen (secondary N) is 2. The number of benzene rings is 4. The highest BCUT2D eigenvalue weighted by molar-refractivity contribution is 7.90. The summed E-state index contributed by atoms with van der Waals surface area (Å²) in [5, 5.41) is 12.5. The molecule has 2 atom stereocenters. The third-order valence-electron chi connectivity index (χ3n) is 13.4. The van der Waals surface area contributed by atoms with Gasteiger partial charge in [0, 0.05) is 75.9 Å². The minimum Gasteiger partial charge on any atom is -0.453 e. The second kappa shape index (κ2) is 17.2. The summed E-state index contributed by atoms with van der Waals surface area (Å²) >= 11 is 0. The summed E-state index contributed by atoms with van der Waals surface area (Å²) in [7, 11) is -4.24. The highest BCUT2D eigenvalue weighted by Gasteiger charge is 2.40. The Hall–Kier alpha value is -6.75. The van der Waals surface area contributed by atoms with Crippen LogP contribution in [0.5, 0.6) is 11.5 Å². The number of nitriles is 1. The second-order valence-corrected chi connectivity index (χ2v) is 19.3. The molecule has 16 nitrogen and oxygen atoms in total. The molecule has 2 N–H and O–H groups in total. The standard InChI is InChI=1S/C47H45F2N9O7S/c48-32-15-18-56(26-32)66(63,64)53-41-10-8-39(49)44(38(41)21-50)65-35-6-9-40-37(20-35)47(62)58(27-51-40)34-4-2-33(3-5-34)55-16-13-28(14-17-55)22-54-23-31(24-54)29-1-7-36-30(19-29)25-57(46(36)61)42-11-12-43(59)52-45(42)60/h1-10,19-20,27-28,31-32,42,53H,11-18,22-26H2,(H,52,59,60)/t32-,42?/m1/s1. The number of aromatic nitrogens is 2. The zero-order valence-corrected chi connectivity index (χ0v) is 36.5. The van der Waals surface area contributed by atoms with E-state index in [2.05, 4.69) is 30.9 Å². The van der Waals surface area contributed by atoms with Crippen LogP contribution in [0.25, 0.3) is 16.6 Å². The first-order chi connectivity index (χ1) is 31.8. The van der Waals surface area contributed by atoms with E-state index in [0.29, 0.717) is 41.6 Å². The van der Waals surface area contributed by atoms with Crippen molar-refractivity contribution in [3.63, 3.8) is 0 Å². The number of fused-ring (bicyclic) bond motifs is 2. The molecule has 0 saturated carbocycles. The van der Waals surface area contributed by atoms with Gasteiger partial charge in [-0.15, -0.1) is 0 Å². The summed E-state index contributed by atoms with van der Waals surface area (Å²) in [5.41, 5.74) is 3.67. The van der Waals surface area contributed by atoms with Crippen molar-refractivity contribution in [2.24, 2.45) is 5.92 Å². The molecular weight excluding hydrogens is 873 g/mol. The van der Waals surface area contributed by atoms with E-state index in [4.69, 9.17) is 4.74 Å². The van der Waals surface area contributed by atoms with Crippen LogP contribution in [0.2, 0.25) is 0 Å². The number of likely N-dealkylation sites (tertiary alicyclic amines) is 1. The van der Waals surface area contributed by atoms with Crippen LogP contribution in [-0.4, -0.2) is 108 Å². The normalized spacial score (nSPS) is 20.9. The number of amides is 3. The zero-order valence-electron chi connectivity index (χ0n) is 35.7. The first-order valence-electron chi connectivity index (χ1n) is 22.0. The van der Waals surface area contributed by atoms with Crippen molar-refractivity contribution in [1.29, 1.82) is 5.26 Å². The molecule has 5 aliphatic rings. The van der Waals surface area contributed by atoms with E-state index in [1.54, 1.807) is 11.0 Å². The van der Waals surface area contributed by atoms with Gasteiger partial charge in [0.25, 0.3) is 11.5 Å². The number of carbonyl (C=O) groups is 3. The number of piperidine rings is 2. The van der Waals surface area contributed by atoms with Crippen LogP contribution in [-0.2, 0) is 26.3 Å². The van der Waals surface area contributed by atoms with Gasteiger partial charge >= 0.3 is 10.2 Å². The molecule has 3 amide bonds. The average Bonchev–Trinajstić information content (AvgIpc) is 3.89. The van der Waals surface area contributed by atoms with Crippen molar-refractivity contribution in [2.75, 3.05) is 55.4 Å². The molecule has 4 fully saturated rings. The predicted octanol–water partition coefficient (Wildman–Crippen LogP) is 4.97. The molecule has 19 heteroatoms. The van der Waals surface area contributed by atoms with Crippen LogP contribution < -0.4 is 25.2 Å². The van der Waals surface area contributed by atoms with Crippen molar-refractivity contribution >= 4 is 50.2 Å². The van der Waals surface area contributed by atoms with Gasteiger partial charge in [-0.3, -0.25) is 33.8 Å². The van der Waals surface area contributed by atoms with Crippen LogP contribution in [0.3, 0.4) is 0 Å². The molecular formula is C47H45F2N9O7S. The number of anilines is 2. The summed E-state index contributed by atoms with van der Waals surface area (Å²) < 4.78 is 65.1. The van der Waals surface area contributed by atoms with E-state index < -0.39 is 51.0 Å². The summed E-state index contributed by atoms with van der Waals surface area (Å²) in [5.74, 6) is -1.39. The Morgan fingerprint density at radius 1 is 0.894 bits per heavy atom. The molecule has 0 aliphatic carbocycles. The molecule has 5 aromatic rings. The molecule has 0 spiro atoms. The van der Waals surface area contributed by atoms with Crippen molar-refractivity contribution in [3.05, 3.63) is 118 Å². The molecule has 5 aliphatic heterocycles. The Labute approximate surface area is 378 Å². The summed E-state index contributed by atoms with van der Waals surface area (Å²) in [6.45, 7) is 4.71. The second-order valence-electron chi connectivity index (χ2n) is 17.6. The Bertz CT molecular complexity index is 3000. The van der Waals surface area contributed by atoms with Crippen molar-refractivity contribution in [1.82, 2.24) is 29.0 Å². The maximum Gasteiger partial charge on any atom is 0.301 e. The molecule has 1 unspecified atom stereocenters. The minimum absolute atomic E-state index is 0.0152. The van der Waals surface area contributed by atoms with Crippen LogP contribution in [0, 0.1) is 23.1 Å². The van der Waals surface area contributed by atoms with Gasteiger partial charge in [0.15, 0.2) is 11.6 Å². The van der Waals surface area contributed by atoms with Gasteiger partial charge in [0.05, 0.1) is 22.3 Å². The van der Waals surface area contributed by atoms with E-state index in [0.717, 1.165) is 73.3 Å². The van der Waals surface area contributed by atoms with Gasteiger partial charge in [0.2, 0.25) is 11.8 Å². The van der Waals surface area contributed by atoms with Gasteiger partial charge in [-0.2, -0.15) is 18.0 Å². The van der Waals surface area contributed by atoms with Crippen LogP contribution >= 0.6 is 0 Å². The van der Waals surface area contributed by atoms with Crippen molar-refractivity contribution in [2.45, 2.75) is 56.8 Å². The highest BCUT2D eigenvalue weighted by Crippen LogP contribution is 2.37. The lowest BCUT2D eigenvalue weighted by Crippen LogP contribution is -2.52. The van der Waals surface area contributed by atoms with Crippen molar-refractivity contribution < 1.29 is 36.3 Å². The lowest BCUT2D eigenvalue weighted by atomic mass is 9.87. The largest absolute Gasteiger partial charge is 0.453 e. The highest BCUT2D eigenvalue weighted by atomic mass is 32.2. The van der Waals surface area contributed by atoms with E-state index in [-0.39, 0.29) is 54.6 Å². The number of hydrogen-bond acceptors (Lipinski definition) is 11. The summed E-state index contributed by atoms with van der Waals surface area (Å²) in [6.07, 6.45) is 2.82. The number of alkyl halides is 1. The molecule has 0 bridgehead atoms. The number of hydrogen-bond donors (Lipinski definition) is 2. The lowest BCUT2D eigenvalue weighted by Gasteiger charge is -2.43. The Morgan fingerprint density at radius 3 is 2.39 bits per heavy atom. The molecule has 66 heavy (non-hydrogen) atoms. The Balaban J connectivity index is 0.742. The molecule has 6 heterocycles. The number of ether oxygens (including phenoxy) is 1. The summed E-state index contributed by atoms with van der Waals surface area (Å²) in [6, 6.07) is 21.3. The number of carbonyl (C=O) groups excluding carboxylic acids is 3. The monoisotopic (exact) mass is 917 g/mol. The van der Waals surface area contributed by atoms with Crippen LogP contribution in [0.4, 0.5) is 20.2 Å². The van der Waals surface area contributed by atoms with Crippen LogP contribution in [0.15, 0.2) is 83.9 Å². The first kappa shape index (κ1) is 43.2. The molecule has 1 aromatic heterocycles. The fourth-order valence-corrected chi connectivity index (χ4v) is 11.1. The molecule has 10 rings (SSSR count). The maximum atomic E-state index is 15.2. The number of nitrogens with zero attached hydrogens (tertiary/aromatic N) is 7. The number of rotatable bonds is 11. The number of imide groups is 1.